The molecular weight excluding hydrogens is 283 g/mol. The quantitative estimate of drug-likeness (QED) is 0.726. The van der Waals surface area contributed by atoms with Crippen molar-refractivity contribution in [2.45, 2.75) is 26.4 Å². The number of anilines is 1. The fourth-order valence-electron chi connectivity index (χ4n) is 2.20. The van der Waals surface area contributed by atoms with Crippen LogP contribution in [-0.4, -0.2) is 61.6 Å². The Morgan fingerprint density at radius 1 is 1.14 bits per heavy atom. The molecule has 0 bridgehead atoms. The Morgan fingerprint density at radius 2 is 1.73 bits per heavy atom. The largest absolute Gasteiger partial charge is 0.870 e. The van der Waals surface area contributed by atoms with Gasteiger partial charge in [-0.15, -0.1) is 0 Å². The van der Waals surface area contributed by atoms with Crippen LogP contribution in [0.25, 0.3) is 0 Å². The van der Waals surface area contributed by atoms with E-state index < -0.39 is 5.60 Å². The van der Waals surface area contributed by atoms with Gasteiger partial charge in [0.15, 0.2) is 0 Å². The third kappa shape index (κ3) is 5.58. The molecule has 1 aromatic rings. The molecule has 1 aliphatic rings. The molecule has 0 atom stereocenters. The Morgan fingerprint density at radius 3 is 2.23 bits per heavy atom. The van der Waals surface area contributed by atoms with E-state index in [1.807, 2.05) is 45.0 Å². The van der Waals surface area contributed by atoms with Crippen LogP contribution in [0.5, 0.6) is 0 Å². The predicted octanol–water partition coefficient (Wildman–Crippen LogP) is 1.18. The number of ether oxygens (including phenoxy) is 1. The first-order chi connectivity index (χ1) is 9.35. The molecule has 1 amide bonds. The van der Waals surface area contributed by atoms with E-state index >= 15 is 0 Å². The van der Waals surface area contributed by atoms with Gasteiger partial charge in [0, 0.05) is 0 Å². The molecule has 0 aromatic heterocycles. The van der Waals surface area contributed by atoms with Crippen LogP contribution in [0.4, 0.5) is 10.5 Å². The Labute approximate surface area is 133 Å². The first-order valence-electron chi connectivity index (χ1n) is 6.93. The number of hydrogen-bond donors (Lipinski definition) is 0. The van der Waals surface area contributed by atoms with Gasteiger partial charge in [-0.3, -0.25) is 0 Å². The first kappa shape index (κ1) is 20.3. The van der Waals surface area contributed by atoms with Gasteiger partial charge < -0.3 is 11.0 Å². The van der Waals surface area contributed by atoms with Crippen molar-refractivity contribution in [1.82, 2.24) is 4.90 Å². The average molecular weight is 306 g/mol. The SMILES string of the molecule is [B+2]c1cccc(N2CCN(C(=O)OC(C)(C)C)CC2)c1.[OH-].[OH-]. The van der Waals surface area contributed by atoms with Gasteiger partial charge in [-0.2, -0.15) is 0 Å². The summed E-state index contributed by atoms with van der Waals surface area (Å²) in [6.07, 6.45) is -0.232. The molecule has 0 radical (unpaired) electrons. The third-order valence-electron chi connectivity index (χ3n) is 3.17. The monoisotopic (exact) mass is 306 g/mol. The smallest absolute Gasteiger partial charge is 0.870 e. The fourth-order valence-corrected chi connectivity index (χ4v) is 2.20. The summed E-state index contributed by atoms with van der Waals surface area (Å²) in [5.74, 6) is 0. The van der Waals surface area contributed by atoms with Crippen LogP contribution >= 0.6 is 0 Å². The van der Waals surface area contributed by atoms with Crippen LogP contribution in [0, 0.1) is 0 Å². The number of hydrogen-bond acceptors (Lipinski definition) is 5. The second-order valence-electron chi connectivity index (χ2n) is 6.05. The summed E-state index contributed by atoms with van der Waals surface area (Å²) >= 11 is 0. The van der Waals surface area contributed by atoms with E-state index in [-0.39, 0.29) is 17.0 Å². The number of piperazine rings is 1. The van der Waals surface area contributed by atoms with Crippen molar-refractivity contribution < 1.29 is 20.5 Å². The normalized spacial score (nSPS) is 14.8. The Kier molecular flexibility index (Phi) is 7.42. The topological polar surface area (TPSA) is 92.8 Å². The van der Waals surface area contributed by atoms with Crippen LogP contribution in [-0.2, 0) is 4.74 Å². The van der Waals surface area contributed by atoms with E-state index in [4.69, 9.17) is 12.6 Å². The van der Waals surface area contributed by atoms with Crippen molar-refractivity contribution in [3.05, 3.63) is 24.3 Å². The zero-order chi connectivity index (χ0) is 14.8. The molecule has 0 unspecified atom stereocenters. The van der Waals surface area contributed by atoms with E-state index in [0.717, 1.165) is 24.2 Å². The van der Waals surface area contributed by atoms with E-state index in [0.29, 0.717) is 13.1 Å². The molecule has 1 aromatic carbocycles. The molecule has 120 valence electrons. The van der Waals surface area contributed by atoms with Crippen LogP contribution in [0.2, 0.25) is 0 Å². The number of benzene rings is 1. The Bertz CT molecular complexity index is 483. The number of amides is 1. The van der Waals surface area contributed by atoms with Gasteiger partial charge in [0.1, 0.15) is 0 Å². The maximum absolute atomic E-state index is 12.0. The summed E-state index contributed by atoms with van der Waals surface area (Å²) in [4.78, 5) is 16.0. The van der Waals surface area contributed by atoms with Gasteiger partial charge in [0.05, 0.1) is 0 Å². The minimum absolute atomic E-state index is 0. The summed E-state index contributed by atoms with van der Waals surface area (Å²) in [5, 5.41) is 0. The zero-order valence-corrected chi connectivity index (χ0v) is 13.3. The van der Waals surface area contributed by atoms with Gasteiger partial charge in [0.25, 0.3) is 0 Å². The maximum atomic E-state index is 12.0. The molecule has 22 heavy (non-hydrogen) atoms. The van der Waals surface area contributed by atoms with Crippen LogP contribution in [0.1, 0.15) is 20.8 Å². The zero-order valence-electron chi connectivity index (χ0n) is 13.3. The second-order valence-corrected chi connectivity index (χ2v) is 6.05. The standard InChI is InChI=1S/C15H21BN2O2.2H2O/c1-15(2,3)20-14(19)18-9-7-17(8-10-18)13-6-4-5-12(16)11-13;;/h4-6,11H,7-10H2,1-3H3;2*1H2/q+2;;/p-2. The van der Waals surface area contributed by atoms with Crippen molar-refractivity contribution in [3.63, 3.8) is 0 Å². The van der Waals surface area contributed by atoms with Crippen molar-refractivity contribution in [1.29, 1.82) is 0 Å². The number of rotatable bonds is 1. The van der Waals surface area contributed by atoms with Gasteiger partial charge in [-0.25, -0.2) is 0 Å². The Hall–Kier alpha value is -1.73. The maximum Gasteiger partial charge on any atom is -0.870 e. The Balaban J connectivity index is 0.00000220. The molecule has 2 rings (SSSR count). The van der Waals surface area contributed by atoms with E-state index in [1.54, 1.807) is 4.90 Å². The van der Waals surface area contributed by atoms with E-state index in [1.165, 1.54) is 0 Å². The van der Waals surface area contributed by atoms with Gasteiger partial charge in [0.2, 0.25) is 0 Å². The molecule has 1 fully saturated rings. The van der Waals surface area contributed by atoms with E-state index in [9.17, 15) is 4.79 Å². The average Bonchev–Trinajstić information content (AvgIpc) is 2.37. The van der Waals surface area contributed by atoms with Crippen molar-refractivity contribution in [3.8, 4) is 0 Å². The molecule has 6 nitrogen and oxygen atoms in total. The molecule has 1 saturated heterocycles. The minimum Gasteiger partial charge on any atom is -0.870 e. The summed E-state index contributed by atoms with van der Waals surface area (Å²) in [6, 6.07) is 7.83. The first-order valence-corrected chi connectivity index (χ1v) is 6.93. The molecule has 1 aliphatic heterocycles. The number of carbonyl (C=O) groups excluding carboxylic acids is 1. The van der Waals surface area contributed by atoms with Crippen LogP contribution < -0.4 is 10.4 Å². The van der Waals surface area contributed by atoms with Crippen LogP contribution in [0.3, 0.4) is 0 Å². The summed E-state index contributed by atoms with van der Waals surface area (Å²) < 4.78 is 5.39. The number of carbonyl (C=O) groups is 1. The minimum atomic E-state index is -0.442. The molecule has 0 aliphatic carbocycles. The molecule has 2 N–H and O–H groups in total. The van der Waals surface area contributed by atoms with Crippen LogP contribution in [0.15, 0.2) is 24.3 Å². The van der Waals surface area contributed by atoms with E-state index in [2.05, 4.69) is 4.90 Å². The molecule has 7 heteroatoms. The summed E-state index contributed by atoms with van der Waals surface area (Å²) in [6.45, 7) is 8.58. The number of nitrogens with zero attached hydrogens (tertiary/aromatic N) is 2. The third-order valence-corrected chi connectivity index (χ3v) is 3.17. The fraction of sp³-hybridized carbons (Fsp3) is 0.533. The van der Waals surface area contributed by atoms with Gasteiger partial charge in [-0.05, 0) is 0 Å². The molecule has 1 heterocycles. The van der Waals surface area contributed by atoms with Crippen molar-refractivity contribution >= 4 is 25.1 Å². The second kappa shape index (κ2) is 8.05. The van der Waals surface area contributed by atoms with Crippen molar-refractivity contribution in [2.24, 2.45) is 0 Å². The molecular formula is C15H23BN2O4. The van der Waals surface area contributed by atoms with Gasteiger partial charge in [-0.1, -0.05) is 0 Å². The summed E-state index contributed by atoms with van der Waals surface area (Å²) in [5.41, 5.74) is 1.42. The van der Waals surface area contributed by atoms with Crippen molar-refractivity contribution in [2.75, 3.05) is 31.1 Å². The summed E-state index contributed by atoms with van der Waals surface area (Å²) in [7, 11) is 5.80. The molecule has 0 spiro atoms. The van der Waals surface area contributed by atoms with Gasteiger partial charge >= 0.3 is 121 Å². The predicted molar refractivity (Wildman–Crippen MR) is 85.7 cm³/mol. The molecule has 0 saturated carbocycles.